The monoisotopic (exact) mass is 387 g/mol. The van der Waals surface area contributed by atoms with Gasteiger partial charge in [-0.25, -0.2) is 0 Å². The fraction of sp³-hybridized carbons (Fsp3) is 0.421. The molecule has 3 heterocycles. The quantitative estimate of drug-likeness (QED) is 0.574. The predicted molar refractivity (Wildman–Crippen MR) is 106 cm³/mol. The Bertz CT molecular complexity index is 877. The number of nitrogens with zero attached hydrogens (tertiary/aromatic N) is 4. The van der Waals surface area contributed by atoms with Gasteiger partial charge in [0.25, 0.3) is 11.6 Å². The Kier molecular flexibility index (Phi) is 6.27. The van der Waals surface area contributed by atoms with Gasteiger partial charge in [-0.1, -0.05) is 6.08 Å². The second-order valence-electron chi connectivity index (χ2n) is 6.80. The van der Waals surface area contributed by atoms with Gasteiger partial charge in [-0.3, -0.25) is 19.8 Å². The number of carbonyl (C=O) groups is 1. The molecule has 0 saturated carbocycles. The van der Waals surface area contributed by atoms with Gasteiger partial charge < -0.3 is 19.2 Å². The highest BCUT2D eigenvalue weighted by Crippen LogP contribution is 2.18. The first kappa shape index (κ1) is 19.8. The summed E-state index contributed by atoms with van der Waals surface area (Å²) >= 11 is 0. The zero-order valence-electron chi connectivity index (χ0n) is 16.1. The molecule has 1 aliphatic heterocycles. The number of hydrogen-bond acceptors (Lipinski definition) is 5. The topological polar surface area (TPSA) is 94.6 Å². The van der Waals surface area contributed by atoms with E-state index in [0.717, 1.165) is 38.4 Å². The highest BCUT2D eigenvalue weighted by Gasteiger charge is 2.14. The molecule has 2 aromatic heterocycles. The molecule has 9 heteroatoms. The van der Waals surface area contributed by atoms with Gasteiger partial charge >= 0.3 is 0 Å². The molecule has 1 aliphatic rings. The Balaban J connectivity index is 1.59. The number of nitro groups is 1. The molecule has 0 radical (unpaired) electrons. The second-order valence-corrected chi connectivity index (χ2v) is 6.80. The highest BCUT2D eigenvalue weighted by atomic mass is 16.6. The Morgan fingerprint density at radius 3 is 2.64 bits per heavy atom. The number of amides is 1. The number of nitrogens with one attached hydrogen (secondary N) is 1. The van der Waals surface area contributed by atoms with E-state index >= 15 is 0 Å². The number of hydrogen-bond donors (Lipinski definition) is 1. The molecule has 28 heavy (non-hydrogen) atoms. The van der Waals surface area contributed by atoms with Crippen molar-refractivity contribution in [3.8, 4) is 0 Å². The first-order chi connectivity index (χ1) is 13.4. The van der Waals surface area contributed by atoms with Crippen molar-refractivity contribution in [1.29, 1.82) is 0 Å². The van der Waals surface area contributed by atoms with Gasteiger partial charge in [-0.2, -0.15) is 0 Å². The summed E-state index contributed by atoms with van der Waals surface area (Å²) in [6.07, 6.45) is 6.95. The number of morpholine rings is 1. The van der Waals surface area contributed by atoms with Crippen LogP contribution in [0.2, 0.25) is 0 Å². The molecule has 150 valence electrons. The summed E-state index contributed by atoms with van der Waals surface area (Å²) in [5, 5.41) is 13.8. The minimum atomic E-state index is -0.417. The molecular weight excluding hydrogens is 362 g/mol. The maximum absolute atomic E-state index is 12.4. The minimum absolute atomic E-state index is 0.0514. The van der Waals surface area contributed by atoms with E-state index in [1.165, 1.54) is 12.3 Å². The van der Waals surface area contributed by atoms with Crippen molar-refractivity contribution >= 4 is 23.7 Å². The number of aryl methyl sites for hydroxylation is 2. The van der Waals surface area contributed by atoms with Gasteiger partial charge in [0.1, 0.15) is 5.69 Å². The number of carbonyl (C=O) groups excluding carboxylic acids is 1. The van der Waals surface area contributed by atoms with Crippen LogP contribution in [0.25, 0.3) is 12.2 Å². The van der Waals surface area contributed by atoms with Crippen LogP contribution in [-0.4, -0.2) is 64.3 Å². The fourth-order valence-corrected chi connectivity index (χ4v) is 3.16. The lowest BCUT2D eigenvalue weighted by Crippen LogP contribution is -2.41. The summed E-state index contributed by atoms with van der Waals surface area (Å²) in [5.74, 6) is -0.120. The van der Waals surface area contributed by atoms with Gasteiger partial charge in [0.2, 0.25) is 0 Å². The van der Waals surface area contributed by atoms with Crippen molar-refractivity contribution in [1.82, 2.24) is 19.4 Å². The smallest absolute Gasteiger partial charge is 0.287 e. The van der Waals surface area contributed by atoms with Crippen molar-refractivity contribution in [3.05, 3.63) is 51.6 Å². The highest BCUT2D eigenvalue weighted by molar-refractivity contribution is 5.93. The standard InChI is InChI=1S/C19H25N5O4/c1-21-14-17(24(26)27)12-16(21)4-3-15-11-18(22(2)13-15)19(25)20-5-6-23-7-9-28-10-8-23/h3-4,11-14H,5-10H2,1-2H3,(H,20,25)/b4-3+. The van der Waals surface area contributed by atoms with Gasteiger partial charge in [0.05, 0.1) is 24.3 Å². The first-order valence-electron chi connectivity index (χ1n) is 9.17. The van der Waals surface area contributed by atoms with E-state index in [1.807, 2.05) is 19.3 Å². The Labute approximate surface area is 163 Å². The summed E-state index contributed by atoms with van der Waals surface area (Å²) < 4.78 is 8.78. The maximum atomic E-state index is 12.4. The van der Waals surface area contributed by atoms with Crippen LogP contribution in [0, 0.1) is 10.1 Å². The Hall–Kier alpha value is -2.91. The third-order valence-corrected chi connectivity index (χ3v) is 4.76. The van der Waals surface area contributed by atoms with E-state index in [2.05, 4.69) is 10.2 Å². The average molecular weight is 387 g/mol. The number of ether oxygens (including phenoxy) is 1. The molecule has 1 saturated heterocycles. The molecule has 0 bridgehead atoms. The summed E-state index contributed by atoms with van der Waals surface area (Å²) in [4.78, 5) is 25.2. The van der Waals surface area contributed by atoms with Gasteiger partial charge in [-0.15, -0.1) is 0 Å². The second kappa shape index (κ2) is 8.85. The zero-order chi connectivity index (χ0) is 20.1. The molecular formula is C19H25N5O4. The molecule has 1 amide bonds. The lowest BCUT2D eigenvalue weighted by Gasteiger charge is -2.26. The fourth-order valence-electron chi connectivity index (χ4n) is 3.16. The normalized spacial score (nSPS) is 15.2. The van der Waals surface area contributed by atoms with Crippen molar-refractivity contribution in [3.63, 3.8) is 0 Å². The molecule has 0 atom stereocenters. The van der Waals surface area contributed by atoms with Gasteiger partial charge in [-0.05, 0) is 17.7 Å². The Morgan fingerprint density at radius 2 is 1.96 bits per heavy atom. The van der Waals surface area contributed by atoms with Crippen LogP contribution in [-0.2, 0) is 18.8 Å². The summed E-state index contributed by atoms with van der Waals surface area (Å²) in [7, 11) is 3.58. The third-order valence-electron chi connectivity index (χ3n) is 4.76. The molecule has 1 fully saturated rings. The van der Waals surface area contributed by atoms with Crippen LogP contribution in [0.15, 0.2) is 24.5 Å². The largest absolute Gasteiger partial charge is 0.379 e. The molecule has 9 nitrogen and oxygen atoms in total. The molecule has 0 aromatic carbocycles. The maximum Gasteiger partial charge on any atom is 0.287 e. The van der Waals surface area contributed by atoms with Gasteiger partial charge in [0.15, 0.2) is 0 Å². The van der Waals surface area contributed by atoms with Crippen molar-refractivity contribution in [2.75, 3.05) is 39.4 Å². The molecule has 0 unspecified atom stereocenters. The van der Waals surface area contributed by atoms with Gasteiger partial charge in [0, 0.05) is 58.2 Å². The lowest BCUT2D eigenvalue weighted by atomic mass is 10.2. The summed E-state index contributed by atoms with van der Waals surface area (Å²) in [6, 6.07) is 3.32. The minimum Gasteiger partial charge on any atom is -0.379 e. The summed E-state index contributed by atoms with van der Waals surface area (Å²) in [6.45, 7) is 4.66. The van der Waals surface area contributed by atoms with E-state index in [1.54, 1.807) is 28.3 Å². The van der Waals surface area contributed by atoms with Crippen molar-refractivity contribution in [2.45, 2.75) is 0 Å². The van der Waals surface area contributed by atoms with E-state index in [0.29, 0.717) is 17.9 Å². The van der Waals surface area contributed by atoms with E-state index < -0.39 is 4.92 Å². The third kappa shape index (κ3) is 4.87. The van der Waals surface area contributed by atoms with Crippen LogP contribution in [0.5, 0.6) is 0 Å². The Morgan fingerprint density at radius 1 is 1.21 bits per heavy atom. The lowest BCUT2D eigenvalue weighted by molar-refractivity contribution is -0.384. The van der Waals surface area contributed by atoms with Crippen LogP contribution in [0.4, 0.5) is 5.69 Å². The van der Waals surface area contributed by atoms with Crippen molar-refractivity contribution in [2.24, 2.45) is 14.1 Å². The van der Waals surface area contributed by atoms with Crippen LogP contribution < -0.4 is 5.32 Å². The first-order valence-corrected chi connectivity index (χ1v) is 9.17. The van der Waals surface area contributed by atoms with Crippen molar-refractivity contribution < 1.29 is 14.5 Å². The van der Waals surface area contributed by atoms with E-state index in [9.17, 15) is 14.9 Å². The zero-order valence-corrected chi connectivity index (χ0v) is 16.1. The van der Waals surface area contributed by atoms with Crippen LogP contribution in [0.3, 0.4) is 0 Å². The molecule has 0 spiro atoms. The number of aromatic nitrogens is 2. The average Bonchev–Trinajstić information content (AvgIpc) is 3.23. The molecule has 2 aromatic rings. The number of rotatable bonds is 7. The van der Waals surface area contributed by atoms with E-state index in [4.69, 9.17) is 4.74 Å². The van der Waals surface area contributed by atoms with Crippen LogP contribution in [0.1, 0.15) is 21.7 Å². The molecule has 1 N–H and O–H groups in total. The van der Waals surface area contributed by atoms with Crippen LogP contribution >= 0.6 is 0 Å². The molecule has 3 rings (SSSR count). The predicted octanol–water partition coefficient (Wildman–Crippen LogP) is 1.50. The summed E-state index contributed by atoms with van der Waals surface area (Å²) in [5.41, 5.74) is 2.19. The SMILES string of the molecule is Cn1cc([N+](=O)[O-])cc1/C=C/c1cc(C(=O)NCCN2CCOCC2)n(C)c1. The molecule has 0 aliphatic carbocycles. The van der Waals surface area contributed by atoms with E-state index in [-0.39, 0.29) is 11.6 Å².